The van der Waals surface area contributed by atoms with Crippen LogP contribution in [0.1, 0.15) is 49.9 Å². The molecular weight excluding hydrogens is 302 g/mol. The van der Waals surface area contributed by atoms with E-state index in [2.05, 4.69) is 5.32 Å². The van der Waals surface area contributed by atoms with E-state index in [1.54, 1.807) is 0 Å². The first-order valence-corrected chi connectivity index (χ1v) is 8.90. The van der Waals surface area contributed by atoms with E-state index in [0.29, 0.717) is 38.0 Å². The van der Waals surface area contributed by atoms with Crippen LogP contribution in [0.2, 0.25) is 0 Å². The van der Waals surface area contributed by atoms with Gasteiger partial charge in [-0.15, -0.1) is 0 Å². The number of likely N-dealkylation sites (tertiary alicyclic amines) is 1. The molecule has 0 saturated carbocycles. The van der Waals surface area contributed by atoms with Crippen LogP contribution < -0.4 is 11.1 Å². The van der Waals surface area contributed by atoms with Gasteiger partial charge in [0.25, 0.3) is 5.91 Å². The third-order valence-electron chi connectivity index (χ3n) is 5.20. The monoisotopic (exact) mass is 331 g/mol. The zero-order valence-electron chi connectivity index (χ0n) is 14.8. The second kappa shape index (κ2) is 8.29. The largest absolute Gasteiger partial charge is 0.354 e. The van der Waals surface area contributed by atoms with Crippen LogP contribution in [0.15, 0.2) is 30.3 Å². The number of hydrogen-bond donors (Lipinski definition) is 2. The zero-order chi connectivity index (χ0) is 17.6. The van der Waals surface area contributed by atoms with E-state index < -0.39 is 0 Å². The molecule has 1 aliphatic heterocycles. The van der Waals surface area contributed by atoms with E-state index in [9.17, 15) is 9.59 Å². The van der Waals surface area contributed by atoms with Crippen molar-refractivity contribution >= 4 is 11.8 Å². The average molecular weight is 331 g/mol. The molecule has 1 aromatic rings. The minimum Gasteiger partial charge on any atom is -0.354 e. The van der Waals surface area contributed by atoms with Gasteiger partial charge in [0, 0.05) is 36.7 Å². The molecule has 0 spiro atoms. The van der Waals surface area contributed by atoms with E-state index in [4.69, 9.17) is 5.73 Å². The van der Waals surface area contributed by atoms with Gasteiger partial charge in [0.15, 0.2) is 0 Å². The fraction of sp³-hybridized carbons (Fsp3) is 0.579. The number of amides is 2. The van der Waals surface area contributed by atoms with Crippen LogP contribution in [0.25, 0.3) is 0 Å². The molecule has 132 valence electrons. The summed E-state index contributed by atoms with van der Waals surface area (Å²) in [7, 11) is 0. The highest BCUT2D eigenvalue weighted by Crippen LogP contribution is 2.20. The van der Waals surface area contributed by atoms with Gasteiger partial charge in [-0.1, -0.05) is 32.0 Å². The van der Waals surface area contributed by atoms with Gasteiger partial charge in [0.1, 0.15) is 0 Å². The summed E-state index contributed by atoms with van der Waals surface area (Å²) in [4.78, 5) is 26.6. The molecule has 5 nitrogen and oxygen atoms in total. The summed E-state index contributed by atoms with van der Waals surface area (Å²) in [5.41, 5.74) is 6.62. The Hall–Kier alpha value is -1.88. The van der Waals surface area contributed by atoms with Crippen LogP contribution in [0.3, 0.4) is 0 Å². The zero-order valence-corrected chi connectivity index (χ0v) is 14.8. The highest BCUT2D eigenvalue weighted by Gasteiger charge is 2.29. The molecule has 1 fully saturated rings. The summed E-state index contributed by atoms with van der Waals surface area (Å²) in [6.45, 7) is 5.86. The molecule has 0 unspecified atom stereocenters. The summed E-state index contributed by atoms with van der Waals surface area (Å²) in [5, 5.41) is 3.00. The number of rotatable bonds is 6. The molecule has 1 aliphatic rings. The standard InChI is InChI=1S/C19H29N3O2/c1-3-19(20,4-2)14-21-17(23)15-10-12-22(13-11-15)18(24)16-8-6-5-7-9-16/h5-9,15H,3-4,10-14,20H2,1-2H3,(H,21,23). The lowest BCUT2D eigenvalue weighted by molar-refractivity contribution is -0.126. The van der Waals surface area contributed by atoms with Crippen molar-refractivity contribution in [2.45, 2.75) is 45.1 Å². The minimum atomic E-state index is -0.320. The second-order valence-electron chi connectivity index (χ2n) is 6.72. The number of nitrogens with one attached hydrogen (secondary N) is 1. The Morgan fingerprint density at radius 1 is 1.17 bits per heavy atom. The number of benzene rings is 1. The maximum absolute atomic E-state index is 12.4. The topological polar surface area (TPSA) is 75.4 Å². The van der Waals surface area contributed by atoms with E-state index in [1.165, 1.54) is 0 Å². The van der Waals surface area contributed by atoms with Gasteiger partial charge >= 0.3 is 0 Å². The fourth-order valence-electron chi connectivity index (χ4n) is 3.02. The SMILES string of the molecule is CCC(N)(CC)CNC(=O)C1CCN(C(=O)c2ccccc2)CC1. The number of piperidine rings is 1. The van der Waals surface area contributed by atoms with E-state index in [1.807, 2.05) is 49.1 Å². The van der Waals surface area contributed by atoms with Crippen molar-refractivity contribution < 1.29 is 9.59 Å². The van der Waals surface area contributed by atoms with Crippen LogP contribution in [0.4, 0.5) is 0 Å². The minimum absolute atomic E-state index is 0.0252. The molecule has 0 atom stereocenters. The number of nitrogens with two attached hydrogens (primary N) is 1. The van der Waals surface area contributed by atoms with Crippen molar-refractivity contribution in [3.8, 4) is 0 Å². The Labute approximate surface area is 144 Å². The van der Waals surface area contributed by atoms with Gasteiger partial charge in [-0.25, -0.2) is 0 Å². The van der Waals surface area contributed by atoms with Gasteiger partial charge in [0.05, 0.1) is 0 Å². The van der Waals surface area contributed by atoms with Gasteiger partial charge in [-0.3, -0.25) is 9.59 Å². The lowest BCUT2D eigenvalue weighted by Crippen LogP contribution is -2.51. The predicted molar refractivity (Wildman–Crippen MR) is 95.6 cm³/mol. The Balaban J connectivity index is 1.82. The van der Waals surface area contributed by atoms with Crippen LogP contribution in [0.5, 0.6) is 0 Å². The molecule has 0 bridgehead atoms. The Morgan fingerprint density at radius 3 is 2.29 bits per heavy atom. The Bertz CT molecular complexity index is 547. The van der Waals surface area contributed by atoms with Crippen LogP contribution in [-0.4, -0.2) is 41.9 Å². The summed E-state index contributed by atoms with van der Waals surface area (Å²) in [6, 6.07) is 9.30. The molecule has 1 aromatic carbocycles. The molecule has 2 amide bonds. The molecule has 0 aliphatic carbocycles. The van der Waals surface area contributed by atoms with Gasteiger partial charge in [0.2, 0.25) is 5.91 Å². The van der Waals surface area contributed by atoms with Crippen LogP contribution >= 0.6 is 0 Å². The molecule has 0 aromatic heterocycles. The molecule has 24 heavy (non-hydrogen) atoms. The molecule has 0 radical (unpaired) electrons. The van der Waals surface area contributed by atoms with Crippen molar-refractivity contribution in [1.82, 2.24) is 10.2 Å². The molecule has 5 heteroatoms. The number of nitrogens with zero attached hydrogens (tertiary/aromatic N) is 1. The first-order valence-electron chi connectivity index (χ1n) is 8.90. The van der Waals surface area contributed by atoms with E-state index in [0.717, 1.165) is 12.8 Å². The molecular formula is C19H29N3O2. The second-order valence-corrected chi connectivity index (χ2v) is 6.72. The van der Waals surface area contributed by atoms with E-state index >= 15 is 0 Å². The first-order chi connectivity index (χ1) is 11.5. The van der Waals surface area contributed by atoms with Crippen molar-refractivity contribution in [3.05, 3.63) is 35.9 Å². The lowest BCUT2D eigenvalue weighted by Gasteiger charge is -2.33. The van der Waals surface area contributed by atoms with Gasteiger partial charge in [-0.05, 0) is 37.8 Å². The maximum atomic E-state index is 12.4. The average Bonchev–Trinajstić information content (AvgIpc) is 2.66. The van der Waals surface area contributed by atoms with Crippen molar-refractivity contribution in [1.29, 1.82) is 0 Å². The smallest absolute Gasteiger partial charge is 0.253 e. The lowest BCUT2D eigenvalue weighted by atomic mass is 9.92. The Morgan fingerprint density at radius 2 is 1.75 bits per heavy atom. The van der Waals surface area contributed by atoms with Crippen molar-refractivity contribution in [3.63, 3.8) is 0 Å². The highest BCUT2D eigenvalue weighted by atomic mass is 16.2. The maximum Gasteiger partial charge on any atom is 0.253 e. The van der Waals surface area contributed by atoms with Gasteiger partial charge < -0.3 is 16.0 Å². The number of hydrogen-bond acceptors (Lipinski definition) is 3. The number of carbonyl (C=O) groups excluding carboxylic acids is 2. The summed E-state index contributed by atoms with van der Waals surface area (Å²) >= 11 is 0. The third-order valence-corrected chi connectivity index (χ3v) is 5.20. The summed E-state index contributed by atoms with van der Waals surface area (Å²) in [5.74, 6) is 0.0914. The summed E-state index contributed by atoms with van der Waals surface area (Å²) in [6.07, 6.45) is 3.10. The fourth-order valence-corrected chi connectivity index (χ4v) is 3.02. The molecule has 1 heterocycles. The normalized spacial score (nSPS) is 16.0. The van der Waals surface area contributed by atoms with Gasteiger partial charge in [-0.2, -0.15) is 0 Å². The quantitative estimate of drug-likeness (QED) is 0.839. The predicted octanol–water partition coefficient (Wildman–Crippen LogP) is 2.17. The first kappa shape index (κ1) is 18.5. The van der Waals surface area contributed by atoms with Crippen molar-refractivity contribution in [2.75, 3.05) is 19.6 Å². The van der Waals surface area contributed by atoms with Crippen LogP contribution in [-0.2, 0) is 4.79 Å². The highest BCUT2D eigenvalue weighted by molar-refractivity contribution is 5.94. The Kier molecular flexibility index (Phi) is 6.37. The van der Waals surface area contributed by atoms with Crippen LogP contribution in [0, 0.1) is 5.92 Å². The molecule has 3 N–H and O–H groups in total. The summed E-state index contributed by atoms with van der Waals surface area (Å²) < 4.78 is 0. The molecule has 2 rings (SSSR count). The van der Waals surface area contributed by atoms with Crippen molar-refractivity contribution in [2.24, 2.45) is 11.7 Å². The molecule has 1 saturated heterocycles. The number of carbonyl (C=O) groups is 2. The third kappa shape index (κ3) is 4.57. The van der Waals surface area contributed by atoms with E-state index in [-0.39, 0.29) is 23.3 Å².